The van der Waals surface area contributed by atoms with Gasteiger partial charge in [0.05, 0.1) is 6.20 Å². The van der Waals surface area contributed by atoms with Crippen LogP contribution in [0.4, 0.5) is 8.78 Å². The van der Waals surface area contributed by atoms with Gasteiger partial charge < -0.3 is 5.32 Å². The highest BCUT2D eigenvalue weighted by Crippen LogP contribution is 2.21. The molecule has 2 aromatic rings. The minimum absolute atomic E-state index is 0.131. The molecule has 0 saturated carbocycles. The van der Waals surface area contributed by atoms with Gasteiger partial charge in [0.15, 0.2) is 5.65 Å². The van der Waals surface area contributed by atoms with Gasteiger partial charge in [-0.3, -0.25) is 4.79 Å². The number of nitrogens with zero attached hydrogens (tertiary/aromatic N) is 3. The molecule has 0 aliphatic rings. The molecule has 0 atom stereocenters. The Balaban J connectivity index is 2.50. The van der Waals surface area contributed by atoms with E-state index in [-0.39, 0.29) is 16.9 Å². The Bertz CT molecular complexity index is 614. The highest BCUT2D eigenvalue weighted by atomic mass is 32.1. The molecule has 0 bridgehead atoms. The molecule has 0 spiro atoms. The molecule has 0 aromatic carbocycles. The summed E-state index contributed by atoms with van der Waals surface area (Å²) >= 11 is 3.98. The average Bonchev–Trinajstić information content (AvgIpc) is 2.78. The number of nitrogens with one attached hydrogen (secondary N) is 1. The summed E-state index contributed by atoms with van der Waals surface area (Å²) in [5, 5.41) is 6.40. The molecule has 0 radical (unpaired) electrons. The van der Waals surface area contributed by atoms with Crippen LogP contribution >= 0.6 is 12.6 Å². The van der Waals surface area contributed by atoms with E-state index in [1.807, 2.05) is 0 Å². The van der Waals surface area contributed by atoms with Crippen LogP contribution in [0.25, 0.3) is 5.65 Å². The number of fused-ring (bicyclic) bond motifs is 1. The van der Waals surface area contributed by atoms with Crippen molar-refractivity contribution in [2.75, 3.05) is 12.3 Å². The predicted molar refractivity (Wildman–Crippen MR) is 68.9 cm³/mol. The van der Waals surface area contributed by atoms with Gasteiger partial charge in [0.2, 0.25) is 0 Å². The Labute approximate surface area is 113 Å². The molecule has 19 heavy (non-hydrogen) atoms. The number of hydrogen-bond donors (Lipinski definition) is 2. The maximum absolute atomic E-state index is 12.9. The molecule has 0 unspecified atom stereocenters. The Morgan fingerprint density at radius 2 is 2.32 bits per heavy atom. The standard InChI is InChI=1S/C11H12F2N4OS/c1-6-4-8(9(12)13)17-10(16-6)7(5-15-17)11(18)14-2-3-19/h4-5,9,19H,2-3H2,1H3,(H,14,18). The number of aryl methyl sites for hydroxylation is 1. The lowest BCUT2D eigenvalue weighted by molar-refractivity contribution is 0.0957. The number of carbonyl (C=O) groups excluding carboxylic acids is 1. The van der Waals surface area contributed by atoms with E-state index in [1.165, 1.54) is 12.3 Å². The Kier molecular flexibility index (Phi) is 3.98. The number of thiol groups is 1. The zero-order valence-electron chi connectivity index (χ0n) is 10.1. The lowest BCUT2D eigenvalue weighted by atomic mass is 10.3. The fourth-order valence-electron chi connectivity index (χ4n) is 1.69. The Morgan fingerprint density at radius 3 is 2.95 bits per heavy atom. The lowest BCUT2D eigenvalue weighted by Gasteiger charge is -2.05. The van der Waals surface area contributed by atoms with Crippen molar-refractivity contribution in [1.82, 2.24) is 19.9 Å². The van der Waals surface area contributed by atoms with Gasteiger partial charge in [-0.2, -0.15) is 17.7 Å². The summed E-state index contributed by atoms with van der Waals surface area (Å²) in [4.78, 5) is 15.9. The minimum atomic E-state index is -2.68. The highest BCUT2D eigenvalue weighted by molar-refractivity contribution is 7.80. The molecule has 0 saturated heterocycles. The molecule has 0 aliphatic heterocycles. The molecule has 8 heteroatoms. The summed E-state index contributed by atoms with van der Waals surface area (Å²) in [5.74, 6) is 0.0852. The zero-order chi connectivity index (χ0) is 14.0. The van der Waals surface area contributed by atoms with Gasteiger partial charge in [0, 0.05) is 18.0 Å². The minimum Gasteiger partial charge on any atom is -0.351 e. The summed E-state index contributed by atoms with van der Waals surface area (Å²) in [7, 11) is 0. The van der Waals surface area contributed by atoms with Crippen molar-refractivity contribution < 1.29 is 13.6 Å². The third-order valence-electron chi connectivity index (χ3n) is 2.49. The average molecular weight is 286 g/mol. The van der Waals surface area contributed by atoms with Gasteiger partial charge in [-0.1, -0.05) is 0 Å². The van der Waals surface area contributed by atoms with Crippen LogP contribution in [0.15, 0.2) is 12.3 Å². The van der Waals surface area contributed by atoms with Crippen LogP contribution in [0.5, 0.6) is 0 Å². The molecule has 1 amide bonds. The van der Waals surface area contributed by atoms with E-state index in [2.05, 4.69) is 28.0 Å². The van der Waals surface area contributed by atoms with E-state index >= 15 is 0 Å². The smallest absolute Gasteiger partial charge is 0.280 e. The number of hydrogen-bond acceptors (Lipinski definition) is 4. The van der Waals surface area contributed by atoms with Crippen LogP contribution in [-0.2, 0) is 0 Å². The van der Waals surface area contributed by atoms with Crippen molar-refractivity contribution in [2.24, 2.45) is 0 Å². The van der Waals surface area contributed by atoms with E-state index in [0.29, 0.717) is 18.0 Å². The summed E-state index contributed by atoms with van der Waals surface area (Å²) in [5.41, 5.74) is 0.432. The number of rotatable bonds is 4. The summed E-state index contributed by atoms with van der Waals surface area (Å²) < 4.78 is 26.8. The normalized spacial score (nSPS) is 11.2. The van der Waals surface area contributed by atoms with Crippen LogP contribution in [0.3, 0.4) is 0 Å². The quantitative estimate of drug-likeness (QED) is 0.840. The van der Waals surface area contributed by atoms with Crippen molar-refractivity contribution in [3.8, 4) is 0 Å². The van der Waals surface area contributed by atoms with Crippen LogP contribution in [0.2, 0.25) is 0 Å². The number of amides is 1. The highest BCUT2D eigenvalue weighted by Gasteiger charge is 2.19. The number of halogens is 2. The molecule has 2 aromatic heterocycles. The molecular formula is C11H12F2N4OS. The van der Waals surface area contributed by atoms with Crippen LogP contribution in [-0.4, -0.2) is 32.8 Å². The van der Waals surface area contributed by atoms with E-state index in [9.17, 15) is 13.6 Å². The lowest BCUT2D eigenvalue weighted by Crippen LogP contribution is -2.25. The van der Waals surface area contributed by atoms with Crippen molar-refractivity contribution >= 4 is 24.2 Å². The van der Waals surface area contributed by atoms with E-state index in [0.717, 1.165) is 4.52 Å². The van der Waals surface area contributed by atoms with Crippen molar-refractivity contribution in [1.29, 1.82) is 0 Å². The predicted octanol–water partition coefficient (Wildman–Crippen LogP) is 1.63. The largest absolute Gasteiger partial charge is 0.351 e. The fraction of sp³-hybridized carbons (Fsp3) is 0.364. The maximum Gasteiger partial charge on any atom is 0.280 e. The molecular weight excluding hydrogens is 274 g/mol. The molecule has 2 heterocycles. The summed E-state index contributed by atoms with van der Waals surface area (Å²) in [6.45, 7) is 1.97. The van der Waals surface area contributed by atoms with Crippen molar-refractivity contribution in [2.45, 2.75) is 13.3 Å². The first-order valence-corrected chi connectivity index (χ1v) is 6.20. The summed E-state index contributed by atoms with van der Waals surface area (Å²) in [6, 6.07) is 1.25. The second kappa shape index (κ2) is 5.52. The Morgan fingerprint density at radius 1 is 1.58 bits per heavy atom. The van der Waals surface area contributed by atoms with Gasteiger partial charge in [-0.15, -0.1) is 0 Å². The number of carbonyl (C=O) groups is 1. The van der Waals surface area contributed by atoms with Gasteiger partial charge in [0.1, 0.15) is 11.3 Å². The number of alkyl halides is 2. The SMILES string of the molecule is Cc1cc(C(F)F)n2ncc(C(=O)NCCS)c2n1. The topological polar surface area (TPSA) is 59.3 Å². The van der Waals surface area contributed by atoms with Gasteiger partial charge in [-0.25, -0.2) is 18.3 Å². The zero-order valence-corrected chi connectivity index (χ0v) is 11.0. The van der Waals surface area contributed by atoms with Gasteiger partial charge in [0.25, 0.3) is 12.3 Å². The van der Waals surface area contributed by atoms with Crippen LogP contribution in [0.1, 0.15) is 28.2 Å². The molecule has 0 aliphatic carbocycles. The Hall–Kier alpha value is -1.70. The maximum atomic E-state index is 12.9. The van der Waals surface area contributed by atoms with Gasteiger partial charge in [-0.05, 0) is 13.0 Å². The summed E-state index contributed by atoms with van der Waals surface area (Å²) in [6.07, 6.45) is -1.45. The van der Waals surface area contributed by atoms with E-state index < -0.39 is 12.3 Å². The third-order valence-corrected chi connectivity index (χ3v) is 2.72. The van der Waals surface area contributed by atoms with E-state index in [1.54, 1.807) is 6.92 Å². The van der Waals surface area contributed by atoms with Crippen molar-refractivity contribution in [3.63, 3.8) is 0 Å². The van der Waals surface area contributed by atoms with Crippen LogP contribution in [0, 0.1) is 6.92 Å². The first-order valence-electron chi connectivity index (χ1n) is 5.57. The monoisotopic (exact) mass is 286 g/mol. The molecule has 102 valence electrons. The van der Waals surface area contributed by atoms with E-state index in [4.69, 9.17) is 0 Å². The second-order valence-electron chi connectivity index (χ2n) is 3.90. The molecule has 2 rings (SSSR count). The molecule has 5 nitrogen and oxygen atoms in total. The first-order chi connectivity index (χ1) is 9.04. The molecule has 0 fully saturated rings. The third kappa shape index (κ3) is 2.67. The second-order valence-corrected chi connectivity index (χ2v) is 4.34. The fourth-order valence-corrected chi connectivity index (χ4v) is 1.81. The molecule has 1 N–H and O–H groups in total. The van der Waals surface area contributed by atoms with Crippen LogP contribution < -0.4 is 5.32 Å². The number of aromatic nitrogens is 3. The first kappa shape index (κ1) is 13.7. The van der Waals surface area contributed by atoms with Crippen molar-refractivity contribution in [3.05, 3.63) is 29.2 Å². The van der Waals surface area contributed by atoms with Gasteiger partial charge >= 0.3 is 0 Å².